The van der Waals surface area contributed by atoms with E-state index in [1.54, 1.807) is 0 Å². The molecule has 0 saturated heterocycles. The zero-order valence-corrected chi connectivity index (χ0v) is 17.2. The molecule has 1 saturated carbocycles. The molecule has 5 nitrogen and oxygen atoms in total. The summed E-state index contributed by atoms with van der Waals surface area (Å²) in [5.74, 6) is 0.122. The van der Waals surface area contributed by atoms with E-state index >= 15 is 0 Å². The van der Waals surface area contributed by atoms with E-state index < -0.39 is 6.29 Å². The third-order valence-electron chi connectivity index (χ3n) is 5.58. The molecule has 1 amide bonds. The van der Waals surface area contributed by atoms with Gasteiger partial charge in [-0.3, -0.25) is 4.79 Å². The first-order valence-electron chi connectivity index (χ1n) is 10.3. The van der Waals surface area contributed by atoms with Gasteiger partial charge in [-0.1, -0.05) is 36.6 Å². The molecule has 1 fully saturated rings. The van der Waals surface area contributed by atoms with Crippen molar-refractivity contribution in [3.05, 3.63) is 46.7 Å². The first-order chi connectivity index (χ1) is 13.6. The quantitative estimate of drug-likeness (QED) is 0.679. The smallest absolute Gasteiger partial charge is 0.286 e. The fourth-order valence-electron chi connectivity index (χ4n) is 4.16. The third-order valence-corrected chi connectivity index (χ3v) is 5.83. The molecule has 0 aromatic heterocycles. The third kappa shape index (κ3) is 5.28. The van der Waals surface area contributed by atoms with E-state index in [1.165, 1.54) is 0 Å². The molecule has 1 heterocycles. The molecule has 1 aliphatic heterocycles. The molecule has 1 aromatic carbocycles. The lowest BCUT2D eigenvalue weighted by Crippen LogP contribution is -2.41. The van der Waals surface area contributed by atoms with Crippen molar-refractivity contribution < 1.29 is 19.4 Å². The fraction of sp³-hybridized carbons (Fsp3) is 0.591. The lowest BCUT2D eigenvalue weighted by atomic mass is 9.80. The van der Waals surface area contributed by atoms with Gasteiger partial charge in [0.05, 0.1) is 0 Å². The van der Waals surface area contributed by atoms with Crippen molar-refractivity contribution in [1.82, 2.24) is 5.32 Å². The van der Waals surface area contributed by atoms with Crippen molar-refractivity contribution in [1.29, 1.82) is 0 Å². The van der Waals surface area contributed by atoms with Crippen LogP contribution in [0.1, 0.15) is 56.9 Å². The highest BCUT2D eigenvalue weighted by Gasteiger charge is 2.38. The van der Waals surface area contributed by atoms with Crippen LogP contribution in [0, 0.1) is 5.92 Å². The monoisotopic (exact) mass is 407 g/mol. The van der Waals surface area contributed by atoms with Gasteiger partial charge in [-0.15, -0.1) is 0 Å². The van der Waals surface area contributed by atoms with Gasteiger partial charge in [0.15, 0.2) is 5.76 Å². The summed E-state index contributed by atoms with van der Waals surface area (Å²) in [6.07, 6.45) is 7.13. The van der Waals surface area contributed by atoms with Gasteiger partial charge in [0.1, 0.15) is 0 Å². The molecule has 6 heteroatoms. The average molecular weight is 408 g/mol. The number of carbonyl (C=O) groups excluding carboxylic acids is 1. The standard InChI is InChI=1S/C22H30ClNO4/c1-2-27-22-18(8-5-13-25)19(15-9-11-16(23)12-10-15)14-20(28-22)21(26)24-17-6-3-4-7-17/h9-12,14,17-19,22,25H,2-8,13H2,1H3,(H,24,26)/t18-,19+,22+/m1/s1. The molecule has 154 valence electrons. The van der Waals surface area contributed by atoms with Crippen LogP contribution < -0.4 is 5.32 Å². The highest BCUT2D eigenvalue weighted by Crippen LogP contribution is 2.39. The van der Waals surface area contributed by atoms with Gasteiger partial charge >= 0.3 is 0 Å². The van der Waals surface area contributed by atoms with E-state index in [0.29, 0.717) is 23.8 Å². The Hall–Kier alpha value is -1.56. The first kappa shape index (κ1) is 21.2. The van der Waals surface area contributed by atoms with Crippen LogP contribution in [0.15, 0.2) is 36.1 Å². The minimum Gasteiger partial charge on any atom is -0.459 e. The van der Waals surface area contributed by atoms with E-state index in [-0.39, 0.29) is 30.4 Å². The molecule has 1 aromatic rings. The number of allylic oxidation sites excluding steroid dienone is 1. The second-order valence-corrected chi connectivity index (χ2v) is 7.97. The molecule has 0 spiro atoms. The zero-order valence-electron chi connectivity index (χ0n) is 16.4. The number of aliphatic hydroxyl groups excluding tert-OH is 1. The summed E-state index contributed by atoms with van der Waals surface area (Å²) in [6, 6.07) is 7.91. The number of amides is 1. The Balaban J connectivity index is 1.87. The summed E-state index contributed by atoms with van der Waals surface area (Å²) < 4.78 is 11.9. The van der Waals surface area contributed by atoms with Crippen molar-refractivity contribution >= 4 is 17.5 Å². The SMILES string of the molecule is CCO[C@H]1OC(C(=O)NC2CCCC2)=C[C@@H](c2ccc(Cl)cc2)[C@H]1CCCO. The van der Waals surface area contributed by atoms with Gasteiger partial charge in [-0.05, 0) is 56.4 Å². The van der Waals surface area contributed by atoms with Crippen LogP contribution in [-0.4, -0.2) is 36.6 Å². The van der Waals surface area contributed by atoms with Crippen molar-refractivity contribution in [2.75, 3.05) is 13.2 Å². The lowest BCUT2D eigenvalue weighted by Gasteiger charge is -2.37. The molecular weight excluding hydrogens is 378 g/mol. The lowest BCUT2D eigenvalue weighted by molar-refractivity contribution is -0.166. The maximum atomic E-state index is 12.8. The molecule has 0 radical (unpaired) electrons. The number of benzene rings is 1. The van der Waals surface area contributed by atoms with Crippen LogP contribution in [0.3, 0.4) is 0 Å². The molecule has 3 atom stereocenters. The van der Waals surface area contributed by atoms with E-state index in [4.69, 9.17) is 21.1 Å². The summed E-state index contributed by atoms with van der Waals surface area (Å²) in [4.78, 5) is 12.8. The molecular formula is C22H30ClNO4. The van der Waals surface area contributed by atoms with Crippen LogP contribution in [0.5, 0.6) is 0 Å². The minimum atomic E-state index is -0.522. The summed E-state index contributed by atoms with van der Waals surface area (Å²) >= 11 is 6.06. The van der Waals surface area contributed by atoms with Crippen LogP contribution in [0.4, 0.5) is 0 Å². The maximum absolute atomic E-state index is 12.8. The number of rotatable bonds is 8. The average Bonchev–Trinajstić information content (AvgIpc) is 3.20. The van der Waals surface area contributed by atoms with Crippen molar-refractivity contribution in [3.63, 3.8) is 0 Å². The molecule has 2 aliphatic rings. The van der Waals surface area contributed by atoms with Crippen molar-refractivity contribution in [3.8, 4) is 0 Å². The molecule has 3 rings (SSSR count). The topological polar surface area (TPSA) is 67.8 Å². The molecule has 0 unspecified atom stereocenters. The Morgan fingerprint density at radius 3 is 2.64 bits per heavy atom. The van der Waals surface area contributed by atoms with Gasteiger partial charge in [0, 0.05) is 36.1 Å². The second-order valence-electron chi connectivity index (χ2n) is 7.53. The van der Waals surface area contributed by atoms with Crippen molar-refractivity contribution in [2.45, 2.75) is 63.7 Å². The predicted octanol–water partition coefficient (Wildman–Crippen LogP) is 4.15. The van der Waals surface area contributed by atoms with Gasteiger partial charge in [0.2, 0.25) is 6.29 Å². The number of hydrogen-bond donors (Lipinski definition) is 2. The van der Waals surface area contributed by atoms with E-state index in [1.807, 2.05) is 37.3 Å². The molecule has 0 bridgehead atoms. The molecule has 2 N–H and O–H groups in total. The van der Waals surface area contributed by atoms with Gasteiger partial charge < -0.3 is 19.9 Å². The van der Waals surface area contributed by atoms with E-state index in [2.05, 4.69) is 5.32 Å². The van der Waals surface area contributed by atoms with E-state index in [0.717, 1.165) is 37.7 Å². The number of nitrogens with one attached hydrogen (secondary N) is 1. The summed E-state index contributed by atoms with van der Waals surface area (Å²) in [7, 11) is 0. The largest absolute Gasteiger partial charge is 0.459 e. The minimum absolute atomic E-state index is 0.0105. The van der Waals surface area contributed by atoms with Gasteiger partial charge in [0.25, 0.3) is 5.91 Å². The van der Waals surface area contributed by atoms with Crippen LogP contribution in [-0.2, 0) is 14.3 Å². The number of aliphatic hydroxyl groups is 1. The predicted molar refractivity (Wildman–Crippen MR) is 109 cm³/mol. The first-order valence-corrected chi connectivity index (χ1v) is 10.7. The fourth-order valence-corrected chi connectivity index (χ4v) is 4.28. The van der Waals surface area contributed by atoms with Crippen LogP contribution in [0.2, 0.25) is 5.02 Å². The van der Waals surface area contributed by atoms with Crippen molar-refractivity contribution in [2.24, 2.45) is 5.92 Å². The normalized spacial score (nSPS) is 25.2. The Kier molecular flexibility index (Phi) is 7.77. The number of ether oxygens (including phenoxy) is 2. The highest BCUT2D eigenvalue weighted by molar-refractivity contribution is 6.30. The Morgan fingerprint density at radius 1 is 1.29 bits per heavy atom. The van der Waals surface area contributed by atoms with Crippen LogP contribution in [0.25, 0.3) is 0 Å². The van der Waals surface area contributed by atoms with E-state index in [9.17, 15) is 9.90 Å². The zero-order chi connectivity index (χ0) is 19.9. The Morgan fingerprint density at radius 2 is 2.00 bits per heavy atom. The Labute approximate surface area is 172 Å². The molecule has 1 aliphatic carbocycles. The summed E-state index contributed by atoms with van der Waals surface area (Å²) in [5.41, 5.74) is 1.06. The Bertz CT molecular complexity index is 670. The summed E-state index contributed by atoms with van der Waals surface area (Å²) in [6.45, 7) is 2.52. The van der Waals surface area contributed by atoms with Crippen LogP contribution >= 0.6 is 11.6 Å². The summed E-state index contributed by atoms with van der Waals surface area (Å²) in [5, 5.41) is 13.1. The highest BCUT2D eigenvalue weighted by atomic mass is 35.5. The second kappa shape index (κ2) is 10.3. The number of halogens is 1. The maximum Gasteiger partial charge on any atom is 0.286 e. The van der Waals surface area contributed by atoms with Gasteiger partial charge in [-0.2, -0.15) is 0 Å². The number of carbonyl (C=O) groups is 1. The number of hydrogen-bond acceptors (Lipinski definition) is 4. The molecule has 28 heavy (non-hydrogen) atoms. The van der Waals surface area contributed by atoms with Gasteiger partial charge in [-0.25, -0.2) is 0 Å².